The molecule has 86 valence electrons. The van der Waals surface area contributed by atoms with Gasteiger partial charge >= 0.3 is 6.18 Å². The zero-order chi connectivity index (χ0) is 10.9. The Bertz CT molecular complexity index is 331. The van der Waals surface area contributed by atoms with Gasteiger partial charge in [-0.3, -0.25) is 0 Å². The third-order valence-corrected chi connectivity index (χ3v) is 2.20. The highest BCUT2D eigenvalue weighted by Gasteiger charge is 2.32. The van der Waals surface area contributed by atoms with E-state index in [1.165, 1.54) is 0 Å². The lowest BCUT2D eigenvalue weighted by Gasteiger charge is -2.08. The van der Waals surface area contributed by atoms with Gasteiger partial charge in [0.15, 0.2) is 5.69 Å². The number of hydrogen-bond acceptors (Lipinski definition) is 1. The van der Waals surface area contributed by atoms with Gasteiger partial charge in [0, 0.05) is 0 Å². The van der Waals surface area contributed by atoms with E-state index in [2.05, 4.69) is 0 Å². The van der Waals surface area contributed by atoms with Crippen molar-refractivity contribution in [2.75, 3.05) is 0 Å². The van der Waals surface area contributed by atoms with Gasteiger partial charge in [-0.15, -0.1) is 0 Å². The molecule has 0 atom stereocenters. The molecule has 0 aliphatic rings. The highest BCUT2D eigenvalue weighted by atomic mass is 35.5. The first-order valence-corrected chi connectivity index (χ1v) is 4.23. The second kappa shape index (κ2) is 5.23. The van der Waals surface area contributed by atoms with Crippen LogP contribution in [-0.4, -0.2) is 0 Å². The van der Waals surface area contributed by atoms with E-state index >= 15 is 0 Å². The maximum Gasteiger partial charge on any atom is 0.416 e. The van der Waals surface area contributed by atoms with Crippen LogP contribution < -0.4 is 23.7 Å². The van der Waals surface area contributed by atoms with Gasteiger partial charge in [0.2, 0.25) is 0 Å². The van der Waals surface area contributed by atoms with Gasteiger partial charge in [0.1, 0.15) is 10.0 Å². The monoisotopic (exact) mass is 280 g/mol. The molecule has 1 aromatic carbocycles. The molecule has 0 radical (unpaired) electrons. The highest BCUT2D eigenvalue weighted by molar-refractivity contribution is 6.38. The van der Waals surface area contributed by atoms with Crippen LogP contribution in [0.3, 0.4) is 0 Å². The molecule has 0 aliphatic heterocycles. The largest absolute Gasteiger partial charge is 1.00 e. The number of hydrogen-bond donors (Lipinski definition) is 2. The fraction of sp³-hybridized carbons (Fsp3) is 0.143. The summed E-state index contributed by atoms with van der Waals surface area (Å²) in [6, 6.07) is 1.57. The number of alkyl halides is 3. The van der Waals surface area contributed by atoms with Crippen LogP contribution in [0, 0.1) is 0 Å². The van der Waals surface area contributed by atoms with E-state index in [1.54, 1.807) is 0 Å². The molecule has 0 unspecified atom stereocenters. The van der Waals surface area contributed by atoms with Gasteiger partial charge in [0.05, 0.1) is 5.56 Å². The molecule has 15 heavy (non-hydrogen) atoms. The Kier molecular flexibility index (Phi) is 5.16. The van der Waals surface area contributed by atoms with Gasteiger partial charge in [-0.1, -0.05) is 23.2 Å². The molecule has 0 spiro atoms. The Morgan fingerprint density at radius 2 is 1.53 bits per heavy atom. The summed E-state index contributed by atoms with van der Waals surface area (Å²) in [6.07, 6.45) is -4.46. The van der Waals surface area contributed by atoms with Crippen LogP contribution in [0.25, 0.3) is 0 Å². The summed E-state index contributed by atoms with van der Waals surface area (Å²) in [4.78, 5) is 0. The summed E-state index contributed by atoms with van der Waals surface area (Å²) < 4.78 is 36.7. The van der Waals surface area contributed by atoms with Gasteiger partial charge in [-0.2, -0.15) is 19.0 Å². The SMILES string of the molecule is N[NH2+]c1c(Cl)cc(C(F)(F)F)cc1Cl.[Cl-]. The third kappa shape index (κ3) is 3.39. The van der Waals surface area contributed by atoms with Crippen molar-refractivity contribution in [3.63, 3.8) is 0 Å². The van der Waals surface area contributed by atoms with E-state index in [0.717, 1.165) is 17.6 Å². The van der Waals surface area contributed by atoms with Crippen LogP contribution in [0.5, 0.6) is 0 Å². The van der Waals surface area contributed by atoms with E-state index < -0.39 is 11.7 Å². The number of rotatable bonds is 1. The summed E-state index contributed by atoms with van der Waals surface area (Å²) >= 11 is 11.1. The van der Waals surface area contributed by atoms with Crippen LogP contribution in [0.2, 0.25) is 10.0 Å². The summed E-state index contributed by atoms with van der Waals surface area (Å²) in [5.74, 6) is 5.14. The summed E-state index contributed by atoms with van der Waals surface area (Å²) in [6.45, 7) is 0. The van der Waals surface area contributed by atoms with Crippen molar-refractivity contribution < 1.29 is 31.0 Å². The summed E-state index contributed by atoms with van der Waals surface area (Å²) in [5, 5.41) is -0.236. The Morgan fingerprint density at radius 1 is 1.13 bits per heavy atom. The molecule has 0 bridgehead atoms. The van der Waals surface area contributed by atoms with Crippen molar-refractivity contribution in [1.82, 2.24) is 0 Å². The normalized spacial score (nSPS) is 11.1. The van der Waals surface area contributed by atoms with E-state index in [4.69, 9.17) is 29.0 Å². The fourth-order valence-electron chi connectivity index (χ4n) is 0.907. The lowest BCUT2D eigenvalue weighted by atomic mass is 10.2. The predicted molar refractivity (Wildman–Crippen MR) is 47.2 cm³/mol. The first-order chi connectivity index (χ1) is 6.36. The van der Waals surface area contributed by atoms with Crippen LogP contribution in [-0.2, 0) is 6.18 Å². The lowest BCUT2D eigenvalue weighted by Crippen LogP contribution is -3.00. The molecule has 8 heteroatoms. The molecule has 4 N–H and O–H groups in total. The molecular weight excluding hydrogens is 275 g/mol. The Hall–Kier alpha value is -0.200. The second-order valence-corrected chi connectivity index (χ2v) is 3.33. The summed E-state index contributed by atoms with van der Waals surface area (Å²) in [7, 11) is 0. The minimum absolute atomic E-state index is 0. The van der Waals surface area contributed by atoms with Crippen molar-refractivity contribution in [2.24, 2.45) is 5.84 Å². The molecule has 0 saturated carbocycles. The molecule has 0 amide bonds. The molecule has 0 aromatic heterocycles. The van der Waals surface area contributed by atoms with Gasteiger partial charge in [0.25, 0.3) is 0 Å². The van der Waals surface area contributed by atoms with Gasteiger partial charge < -0.3 is 12.4 Å². The molecule has 0 aliphatic carbocycles. The van der Waals surface area contributed by atoms with E-state index in [-0.39, 0.29) is 28.1 Å². The zero-order valence-corrected chi connectivity index (χ0v) is 9.34. The average Bonchev–Trinajstić information content (AvgIpc) is 2.01. The Balaban J connectivity index is 0.00000196. The number of quaternary nitrogens is 1. The minimum atomic E-state index is -4.46. The number of halogens is 6. The molecule has 1 rings (SSSR count). The highest BCUT2D eigenvalue weighted by Crippen LogP contribution is 2.36. The van der Waals surface area contributed by atoms with Gasteiger partial charge in [-0.05, 0) is 12.1 Å². The average molecular weight is 281 g/mol. The smallest absolute Gasteiger partial charge is 0.416 e. The number of benzene rings is 1. The van der Waals surface area contributed by atoms with Crippen molar-refractivity contribution in [2.45, 2.75) is 6.18 Å². The van der Waals surface area contributed by atoms with Crippen molar-refractivity contribution in [3.05, 3.63) is 27.7 Å². The van der Waals surface area contributed by atoms with Crippen molar-refractivity contribution in [1.29, 1.82) is 0 Å². The second-order valence-electron chi connectivity index (χ2n) is 2.52. The molecule has 0 heterocycles. The first-order valence-electron chi connectivity index (χ1n) is 3.47. The molecule has 0 fully saturated rings. The molecule has 0 saturated heterocycles. The molecule has 1 aromatic rings. The number of nitrogens with two attached hydrogens (primary N) is 2. The van der Waals surface area contributed by atoms with Crippen LogP contribution in [0.4, 0.5) is 18.9 Å². The maximum atomic E-state index is 12.2. The standard InChI is InChI=1S/C7H5Cl2F3N2.ClH/c8-4-1-3(7(10,11)12)2-5(9)6(4)14-13;/h1-2,14H,13H2;1H. The zero-order valence-electron chi connectivity index (χ0n) is 7.08. The van der Waals surface area contributed by atoms with Gasteiger partial charge in [-0.25, -0.2) is 5.43 Å². The van der Waals surface area contributed by atoms with Crippen LogP contribution in [0.1, 0.15) is 5.56 Å². The molecular formula is C7H6Cl3F3N2. The van der Waals surface area contributed by atoms with Crippen molar-refractivity contribution in [3.8, 4) is 0 Å². The van der Waals surface area contributed by atoms with Crippen molar-refractivity contribution >= 4 is 28.9 Å². The fourth-order valence-corrected chi connectivity index (χ4v) is 1.52. The lowest BCUT2D eigenvalue weighted by molar-refractivity contribution is -0.584. The predicted octanol–water partition coefficient (Wildman–Crippen LogP) is -0.915. The van der Waals surface area contributed by atoms with E-state index in [9.17, 15) is 13.2 Å². The van der Waals surface area contributed by atoms with E-state index in [1.807, 2.05) is 0 Å². The topological polar surface area (TPSA) is 42.6 Å². The van der Waals surface area contributed by atoms with E-state index in [0.29, 0.717) is 0 Å². The quantitative estimate of drug-likeness (QED) is 0.390. The minimum Gasteiger partial charge on any atom is -1.00 e. The van der Waals surface area contributed by atoms with Crippen LogP contribution >= 0.6 is 23.2 Å². The Labute approximate surface area is 99.9 Å². The first kappa shape index (κ1) is 14.8. The molecule has 2 nitrogen and oxygen atoms in total. The van der Waals surface area contributed by atoms with Crippen LogP contribution in [0.15, 0.2) is 12.1 Å². The maximum absolute atomic E-state index is 12.2. The summed E-state index contributed by atoms with van der Waals surface area (Å²) in [5.41, 5.74) is 0.365. The third-order valence-electron chi connectivity index (χ3n) is 1.57. The Morgan fingerprint density at radius 3 is 1.80 bits per heavy atom.